The second kappa shape index (κ2) is 16.0. The summed E-state index contributed by atoms with van der Waals surface area (Å²) in [6.07, 6.45) is -3.73. The molecule has 0 bridgehead atoms. The van der Waals surface area contributed by atoms with Gasteiger partial charge in [0, 0.05) is 24.2 Å². The Labute approximate surface area is 299 Å². The smallest absolute Gasteiger partial charge is 0.490 e. The van der Waals surface area contributed by atoms with Crippen molar-refractivity contribution in [3.8, 4) is 17.6 Å². The SMILES string of the molecule is COc1cc([C@@H](OCc2cn([C@H]3C[C@@H](O)[C@@H](COP(=O)(O)OP(=O)(O)OP(=O)(O)O)O3)c3nc(N)[nH]c(=O)c23)C(C)(C)C)c([N+](=O)[O-])cc1C#CCN. The Bertz CT molecular complexity index is 2130. The number of hydrogen-bond donors (Lipinski definition) is 8. The highest BCUT2D eigenvalue weighted by Crippen LogP contribution is 2.66. The molecule has 0 spiro atoms. The molecule has 4 rings (SSSR count). The number of fused-ring (bicyclic) bond motifs is 1. The van der Waals surface area contributed by atoms with E-state index < -0.39 is 70.5 Å². The maximum absolute atomic E-state index is 13.2. The molecule has 1 aliphatic rings. The van der Waals surface area contributed by atoms with Crippen LogP contribution in [0.5, 0.6) is 5.75 Å². The summed E-state index contributed by atoms with van der Waals surface area (Å²) in [5, 5.41) is 22.9. The molecule has 1 aromatic carbocycles. The molecule has 0 amide bonds. The van der Waals surface area contributed by atoms with E-state index in [0.717, 1.165) is 0 Å². The Kier molecular flexibility index (Phi) is 12.8. The van der Waals surface area contributed by atoms with Gasteiger partial charge in [0.25, 0.3) is 11.2 Å². The first-order valence-corrected chi connectivity index (χ1v) is 19.6. The van der Waals surface area contributed by atoms with Crippen LogP contribution in [0, 0.1) is 27.4 Å². The summed E-state index contributed by atoms with van der Waals surface area (Å²) >= 11 is 0. The summed E-state index contributed by atoms with van der Waals surface area (Å²) in [7, 11) is -15.6. The number of aromatic amines is 1. The standard InChI is InChI=1S/C27H37N6O17P3/c1-27(2,3)23(16-9-19(45-4)14(6-5-7-28)8-17(16)33(36)37)46-12-15-11-32(24-22(15)25(35)31-26(29)30-24)21-10-18(34)20(48-21)13-47-52(41,42)50-53(43,44)49-51(38,39)40/h8-9,11,18,20-21,23,34H,7,10,12-13,28H2,1-4H3,(H,41,42)(H,43,44)(H2,38,39,40)(H3,29,30,31,35)/t18-,20-,21-,23-/m1/s1. The monoisotopic (exact) mass is 810 g/mol. The molecule has 53 heavy (non-hydrogen) atoms. The number of nitrogens with one attached hydrogen (secondary N) is 1. The highest BCUT2D eigenvalue weighted by Gasteiger charge is 2.43. The topological polar surface area (TPSA) is 354 Å². The third kappa shape index (κ3) is 10.6. The van der Waals surface area contributed by atoms with E-state index in [0.29, 0.717) is 0 Å². The highest BCUT2D eigenvalue weighted by molar-refractivity contribution is 7.66. The Morgan fingerprint density at radius 2 is 1.87 bits per heavy atom. The number of H-pyrrole nitrogens is 1. The Hall–Kier alpha value is -3.55. The Morgan fingerprint density at radius 1 is 1.19 bits per heavy atom. The van der Waals surface area contributed by atoms with E-state index in [4.69, 9.17) is 35.5 Å². The molecule has 2 aromatic heterocycles. The first-order chi connectivity index (χ1) is 24.4. The van der Waals surface area contributed by atoms with Crippen molar-refractivity contribution in [1.82, 2.24) is 14.5 Å². The fourth-order valence-corrected chi connectivity index (χ4v) is 8.46. The second-order valence-corrected chi connectivity index (χ2v) is 16.9. The predicted molar refractivity (Wildman–Crippen MR) is 182 cm³/mol. The molecule has 10 N–H and O–H groups in total. The quantitative estimate of drug-likeness (QED) is 0.0498. The zero-order valence-corrected chi connectivity index (χ0v) is 31.0. The number of methoxy groups -OCH3 is 1. The van der Waals surface area contributed by atoms with E-state index in [1.165, 1.54) is 30.0 Å². The number of aromatic nitrogens is 3. The number of aliphatic hydroxyl groups excluding tert-OH is 1. The molecule has 0 aliphatic carbocycles. The van der Waals surface area contributed by atoms with Crippen molar-refractivity contribution >= 4 is 46.1 Å². The van der Waals surface area contributed by atoms with Crippen molar-refractivity contribution in [3.05, 3.63) is 55.5 Å². The van der Waals surface area contributed by atoms with Crippen LogP contribution in [0.1, 0.15) is 56.2 Å². The van der Waals surface area contributed by atoms with Gasteiger partial charge in [0.2, 0.25) is 5.95 Å². The molecule has 3 heterocycles. The van der Waals surface area contributed by atoms with Crippen molar-refractivity contribution in [2.24, 2.45) is 11.1 Å². The van der Waals surface area contributed by atoms with E-state index in [1.54, 1.807) is 20.8 Å². The molecule has 1 aliphatic heterocycles. The lowest BCUT2D eigenvalue weighted by Gasteiger charge is -2.31. The lowest BCUT2D eigenvalue weighted by molar-refractivity contribution is -0.386. The van der Waals surface area contributed by atoms with Crippen molar-refractivity contribution in [2.75, 3.05) is 26.0 Å². The summed E-state index contributed by atoms with van der Waals surface area (Å²) in [5.74, 6) is 5.34. The highest BCUT2D eigenvalue weighted by atomic mass is 31.3. The fraction of sp³-hybridized carbons (Fsp3) is 0.481. The number of aliphatic hydroxyl groups is 1. The Morgan fingerprint density at radius 3 is 2.45 bits per heavy atom. The molecule has 1 saturated heterocycles. The number of nitrogens with zero attached hydrogens (tertiary/aromatic N) is 3. The number of benzene rings is 1. The van der Waals surface area contributed by atoms with Gasteiger partial charge in [0.15, 0.2) is 5.65 Å². The fourth-order valence-electron chi connectivity index (χ4n) is 5.43. The number of nitro groups is 1. The second-order valence-electron chi connectivity index (χ2n) is 12.5. The lowest BCUT2D eigenvalue weighted by Crippen LogP contribution is -2.26. The third-order valence-electron chi connectivity index (χ3n) is 7.46. The van der Waals surface area contributed by atoms with Gasteiger partial charge < -0.3 is 54.9 Å². The molecule has 1 fully saturated rings. The van der Waals surface area contributed by atoms with E-state index in [9.17, 15) is 43.5 Å². The molecule has 3 aromatic rings. The van der Waals surface area contributed by atoms with Crippen LogP contribution in [-0.2, 0) is 42.9 Å². The first-order valence-electron chi connectivity index (χ1n) is 15.1. The Balaban J connectivity index is 1.64. The van der Waals surface area contributed by atoms with Crippen LogP contribution in [0.3, 0.4) is 0 Å². The van der Waals surface area contributed by atoms with Crippen molar-refractivity contribution < 1.29 is 70.7 Å². The lowest BCUT2D eigenvalue weighted by atomic mass is 9.83. The van der Waals surface area contributed by atoms with Gasteiger partial charge in [-0.25, -0.2) is 13.7 Å². The van der Waals surface area contributed by atoms with Crippen LogP contribution in [0.15, 0.2) is 23.1 Å². The third-order valence-corrected chi connectivity index (χ3v) is 11.3. The number of ether oxygens (including phenoxy) is 3. The summed E-state index contributed by atoms with van der Waals surface area (Å²) in [5.41, 5.74) is 10.1. The van der Waals surface area contributed by atoms with E-state index in [1.807, 2.05) is 0 Å². The number of hydrogen-bond acceptors (Lipinski definition) is 16. The molecule has 26 heteroatoms. The molecule has 292 valence electrons. The normalized spacial score (nSPS) is 20.7. The maximum atomic E-state index is 13.2. The predicted octanol–water partition coefficient (Wildman–Crippen LogP) is 1.83. The number of nitrogens with two attached hydrogens (primary N) is 2. The van der Waals surface area contributed by atoms with Gasteiger partial charge in [0.05, 0.1) is 60.5 Å². The average Bonchev–Trinajstić information content (AvgIpc) is 3.56. The van der Waals surface area contributed by atoms with E-state index >= 15 is 0 Å². The van der Waals surface area contributed by atoms with Crippen LogP contribution in [0.4, 0.5) is 11.6 Å². The summed E-state index contributed by atoms with van der Waals surface area (Å²) in [6.45, 7) is 4.09. The zero-order chi connectivity index (χ0) is 39.7. The zero-order valence-electron chi connectivity index (χ0n) is 28.3. The number of nitrogen functional groups attached to an aromatic ring is 1. The van der Waals surface area contributed by atoms with Gasteiger partial charge in [0.1, 0.15) is 18.1 Å². The minimum absolute atomic E-state index is 0.00715. The van der Waals surface area contributed by atoms with Crippen LogP contribution >= 0.6 is 23.5 Å². The summed E-state index contributed by atoms with van der Waals surface area (Å²) in [4.78, 5) is 68.0. The number of phosphoric acid groups is 3. The van der Waals surface area contributed by atoms with Crippen molar-refractivity contribution in [1.29, 1.82) is 0 Å². The van der Waals surface area contributed by atoms with Crippen LogP contribution < -0.4 is 21.8 Å². The van der Waals surface area contributed by atoms with Gasteiger partial charge in [-0.2, -0.15) is 13.6 Å². The summed E-state index contributed by atoms with van der Waals surface area (Å²) < 4.78 is 65.6. The number of nitro benzene ring substituents is 1. The van der Waals surface area contributed by atoms with Gasteiger partial charge in [-0.3, -0.25) is 24.4 Å². The number of rotatable bonds is 14. The van der Waals surface area contributed by atoms with Crippen molar-refractivity contribution in [3.63, 3.8) is 0 Å². The van der Waals surface area contributed by atoms with Crippen molar-refractivity contribution in [2.45, 2.75) is 58.3 Å². The van der Waals surface area contributed by atoms with E-state index in [-0.39, 0.29) is 64.7 Å². The van der Waals surface area contributed by atoms with Crippen LogP contribution in [-0.4, -0.2) is 76.6 Å². The molecule has 0 saturated carbocycles. The van der Waals surface area contributed by atoms with Gasteiger partial charge in [-0.05, 0) is 11.5 Å². The number of phosphoric ester groups is 1. The van der Waals surface area contributed by atoms with Gasteiger partial charge in [-0.15, -0.1) is 0 Å². The minimum atomic E-state index is -5.79. The molecule has 6 atom stereocenters. The largest absolute Gasteiger partial charge is 0.495 e. The average molecular weight is 811 g/mol. The van der Waals surface area contributed by atoms with Crippen LogP contribution in [0.25, 0.3) is 11.0 Å². The van der Waals surface area contributed by atoms with Gasteiger partial charge >= 0.3 is 23.5 Å². The molecular weight excluding hydrogens is 773 g/mol. The summed E-state index contributed by atoms with van der Waals surface area (Å²) in [6, 6.07) is 2.70. The van der Waals surface area contributed by atoms with Gasteiger partial charge in [-0.1, -0.05) is 32.6 Å². The molecule has 2 unspecified atom stereocenters. The van der Waals surface area contributed by atoms with E-state index in [2.05, 4.69) is 35.0 Å². The maximum Gasteiger partial charge on any atom is 0.490 e. The minimum Gasteiger partial charge on any atom is -0.495 e. The van der Waals surface area contributed by atoms with Crippen LogP contribution in [0.2, 0.25) is 0 Å². The molecule has 23 nitrogen and oxygen atoms in total. The molecule has 0 radical (unpaired) electrons. The first kappa shape index (κ1) is 42.2. The molecular formula is C27H37N6O17P3. The number of anilines is 1.